The number of ether oxygens (including phenoxy) is 1. The SMILES string of the molecule is C=CC(=O)Nc1cccc(-n2cc(Nc3cn(C)nc3OC)c3nc[nH]c3c2=O)c1. The molecule has 0 saturated heterocycles. The fraction of sp³-hybridized carbons (Fsp3) is 0.100. The summed E-state index contributed by atoms with van der Waals surface area (Å²) >= 11 is 0. The molecule has 0 bridgehead atoms. The van der Waals surface area contributed by atoms with Crippen LogP contribution < -0.4 is 20.9 Å². The Morgan fingerprint density at radius 1 is 1.30 bits per heavy atom. The van der Waals surface area contributed by atoms with Crippen molar-refractivity contribution in [2.75, 3.05) is 17.7 Å². The van der Waals surface area contributed by atoms with Crippen molar-refractivity contribution in [2.24, 2.45) is 7.05 Å². The van der Waals surface area contributed by atoms with Crippen molar-refractivity contribution in [2.45, 2.75) is 0 Å². The normalized spacial score (nSPS) is 10.7. The predicted molar refractivity (Wildman–Crippen MR) is 114 cm³/mol. The van der Waals surface area contributed by atoms with Crippen molar-refractivity contribution < 1.29 is 9.53 Å². The van der Waals surface area contributed by atoms with Gasteiger partial charge in [0.25, 0.3) is 11.4 Å². The second-order valence-electron chi connectivity index (χ2n) is 6.44. The number of carbonyl (C=O) groups excluding carboxylic acids is 1. The van der Waals surface area contributed by atoms with Crippen molar-refractivity contribution in [3.05, 3.63) is 66.0 Å². The number of aromatic amines is 1. The monoisotopic (exact) mass is 405 g/mol. The van der Waals surface area contributed by atoms with Crippen molar-refractivity contribution in [1.29, 1.82) is 0 Å². The van der Waals surface area contributed by atoms with Gasteiger partial charge in [0, 0.05) is 18.9 Å². The molecule has 0 unspecified atom stereocenters. The minimum absolute atomic E-state index is 0.279. The number of amides is 1. The Morgan fingerprint density at radius 2 is 2.13 bits per heavy atom. The summed E-state index contributed by atoms with van der Waals surface area (Å²) in [5.41, 5.74) is 2.86. The van der Waals surface area contributed by atoms with E-state index < -0.39 is 0 Å². The van der Waals surface area contributed by atoms with E-state index in [1.807, 2.05) is 0 Å². The van der Waals surface area contributed by atoms with E-state index in [0.717, 1.165) is 0 Å². The Hall–Kier alpha value is -4.34. The predicted octanol–water partition coefficient (Wildman–Crippen LogP) is 2.32. The number of anilines is 3. The molecule has 1 aromatic carbocycles. The Bertz CT molecular complexity index is 1320. The number of methoxy groups -OCH3 is 1. The van der Waals surface area contributed by atoms with Gasteiger partial charge < -0.3 is 20.4 Å². The molecule has 30 heavy (non-hydrogen) atoms. The Labute approximate surface area is 170 Å². The molecule has 0 saturated carbocycles. The third kappa shape index (κ3) is 3.41. The lowest BCUT2D eigenvalue weighted by Gasteiger charge is -2.12. The average molecular weight is 405 g/mol. The summed E-state index contributed by atoms with van der Waals surface area (Å²) in [4.78, 5) is 31.8. The van der Waals surface area contributed by atoms with Gasteiger partial charge in [0.15, 0.2) is 0 Å². The van der Waals surface area contributed by atoms with Crippen molar-refractivity contribution in [3.8, 4) is 11.6 Å². The zero-order chi connectivity index (χ0) is 21.3. The van der Waals surface area contributed by atoms with Crippen LogP contribution in [0.5, 0.6) is 5.88 Å². The van der Waals surface area contributed by atoms with E-state index in [1.54, 1.807) is 48.4 Å². The van der Waals surface area contributed by atoms with Gasteiger partial charge in [-0.2, -0.15) is 0 Å². The molecule has 0 spiro atoms. The van der Waals surface area contributed by atoms with Gasteiger partial charge in [-0.1, -0.05) is 12.6 Å². The lowest BCUT2D eigenvalue weighted by Crippen LogP contribution is -2.19. The van der Waals surface area contributed by atoms with Gasteiger partial charge in [-0.25, -0.2) is 4.98 Å². The van der Waals surface area contributed by atoms with Crippen LogP contribution in [-0.4, -0.2) is 37.3 Å². The van der Waals surface area contributed by atoms with Gasteiger partial charge in [0.1, 0.15) is 16.7 Å². The summed E-state index contributed by atoms with van der Waals surface area (Å²) in [6.07, 6.45) is 6.05. The van der Waals surface area contributed by atoms with Crippen LogP contribution in [-0.2, 0) is 11.8 Å². The molecule has 3 heterocycles. The molecule has 152 valence electrons. The van der Waals surface area contributed by atoms with Gasteiger partial charge in [-0.15, -0.1) is 5.10 Å². The van der Waals surface area contributed by atoms with Gasteiger partial charge in [-0.05, 0) is 24.3 Å². The average Bonchev–Trinajstić information content (AvgIpc) is 3.37. The fourth-order valence-corrected chi connectivity index (χ4v) is 3.09. The third-order valence-electron chi connectivity index (χ3n) is 4.42. The number of nitrogens with one attached hydrogen (secondary N) is 3. The molecule has 0 radical (unpaired) electrons. The lowest BCUT2D eigenvalue weighted by molar-refractivity contribution is -0.111. The van der Waals surface area contributed by atoms with Crippen LogP contribution in [0.3, 0.4) is 0 Å². The molecule has 1 amide bonds. The highest BCUT2D eigenvalue weighted by atomic mass is 16.5. The highest BCUT2D eigenvalue weighted by molar-refractivity contribution is 5.99. The lowest BCUT2D eigenvalue weighted by atomic mass is 10.2. The first-order chi connectivity index (χ1) is 14.5. The van der Waals surface area contributed by atoms with Crippen LogP contribution in [0, 0.1) is 0 Å². The molecule has 10 heteroatoms. The maximum Gasteiger partial charge on any atom is 0.281 e. The second-order valence-corrected chi connectivity index (χ2v) is 6.44. The zero-order valence-corrected chi connectivity index (χ0v) is 16.3. The fourth-order valence-electron chi connectivity index (χ4n) is 3.09. The molecule has 4 aromatic rings. The summed E-state index contributed by atoms with van der Waals surface area (Å²) in [5, 5.41) is 10.1. The van der Waals surface area contributed by atoms with Gasteiger partial charge in [-0.3, -0.25) is 18.8 Å². The molecule has 10 nitrogen and oxygen atoms in total. The number of aromatic nitrogens is 5. The second kappa shape index (κ2) is 7.59. The number of imidazole rings is 1. The Kier molecular flexibility index (Phi) is 4.80. The van der Waals surface area contributed by atoms with Crippen LogP contribution >= 0.6 is 0 Å². The number of aryl methyl sites for hydroxylation is 1. The summed E-state index contributed by atoms with van der Waals surface area (Å²) in [5.74, 6) is 0.0719. The first-order valence-electron chi connectivity index (χ1n) is 8.97. The number of fused-ring (bicyclic) bond motifs is 1. The topological polar surface area (TPSA) is 119 Å². The zero-order valence-electron chi connectivity index (χ0n) is 16.3. The number of rotatable bonds is 6. The maximum atomic E-state index is 13.0. The van der Waals surface area contributed by atoms with E-state index in [-0.39, 0.29) is 11.5 Å². The van der Waals surface area contributed by atoms with Crippen LogP contribution in [0.4, 0.5) is 17.1 Å². The largest absolute Gasteiger partial charge is 0.478 e. The first kappa shape index (κ1) is 19.0. The van der Waals surface area contributed by atoms with Crippen LogP contribution in [0.25, 0.3) is 16.7 Å². The summed E-state index contributed by atoms with van der Waals surface area (Å²) in [6, 6.07) is 6.93. The van der Waals surface area contributed by atoms with E-state index in [1.165, 1.54) is 24.1 Å². The minimum atomic E-state index is -0.338. The number of hydrogen-bond donors (Lipinski definition) is 3. The summed E-state index contributed by atoms with van der Waals surface area (Å²) < 4.78 is 8.38. The number of nitrogens with zero attached hydrogens (tertiary/aromatic N) is 4. The van der Waals surface area contributed by atoms with Gasteiger partial charge in [0.05, 0.1) is 31.0 Å². The Balaban J connectivity index is 1.83. The van der Waals surface area contributed by atoms with Crippen molar-refractivity contribution in [1.82, 2.24) is 24.3 Å². The van der Waals surface area contributed by atoms with Crippen LogP contribution in [0.1, 0.15) is 0 Å². The molecule has 0 fully saturated rings. The van der Waals surface area contributed by atoms with Gasteiger partial charge >= 0.3 is 0 Å². The molecular formula is C20H19N7O3. The number of hydrogen-bond acceptors (Lipinski definition) is 6. The van der Waals surface area contributed by atoms with Gasteiger partial charge in [0.2, 0.25) is 5.91 Å². The highest BCUT2D eigenvalue weighted by Crippen LogP contribution is 2.29. The molecule has 0 aliphatic heterocycles. The smallest absolute Gasteiger partial charge is 0.281 e. The summed E-state index contributed by atoms with van der Waals surface area (Å²) in [7, 11) is 3.31. The van der Waals surface area contributed by atoms with Crippen molar-refractivity contribution >= 4 is 34.0 Å². The molecule has 0 aliphatic carbocycles. The molecule has 4 rings (SSSR count). The van der Waals surface area contributed by atoms with E-state index in [2.05, 4.69) is 32.3 Å². The van der Waals surface area contributed by atoms with E-state index in [0.29, 0.717) is 39.7 Å². The number of carbonyl (C=O) groups is 1. The van der Waals surface area contributed by atoms with E-state index in [9.17, 15) is 9.59 Å². The van der Waals surface area contributed by atoms with Crippen LogP contribution in [0.15, 0.2) is 60.4 Å². The standard InChI is InChI=1S/C20H19N7O3/c1-4-16(28)23-12-6-5-7-13(8-12)27-10-14(17-18(20(27)29)22-11-21-17)24-15-9-26(2)25-19(15)30-3/h4-11,24H,1H2,2-3H3,(H,21,22)(H,23,28). The number of H-pyrrole nitrogens is 1. The highest BCUT2D eigenvalue weighted by Gasteiger charge is 2.16. The Morgan fingerprint density at radius 3 is 2.90 bits per heavy atom. The number of benzene rings is 1. The van der Waals surface area contributed by atoms with E-state index >= 15 is 0 Å². The summed E-state index contributed by atoms with van der Waals surface area (Å²) in [6.45, 7) is 3.44. The third-order valence-corrected chi connectivity index (χ3v) is 4.42. The molecule has 0 aliphatic rings. The molecule has 0 atom stereocenters. The van der Waals surface area contributed by atoms with Crippen molar-refractivity contribution in [3.63, 3.8) is 0 Å². The maximum absolute atomic E-state index is 13.0. The molecule has 3 N–H and O–H groups in total. The quantitative estimate of drug-likeness (QED) is 0.424. The number of pyridine rings is 1. The minimum Gasteiger partial charge on any atom is -0.478 e. The molecule has 3 aromatic heterocycles. The van der Waals surface area contributed by atoms with Crippen LogP contribution in [0.2, 0.25) is 0 Å². The van der Waals surface area contributed by atoms with E-state index in [4.69, 9.17) is 4.74 Å². The first-order valence-corrected chi connectivity index (χ1v) is 8.97. The molecular weight excluding hydrogens is 386 g/mol.